The average Bonchev–Trinajstić information content (AvgIpc) is 2.68. The van der Waals surface area contributed by atoms with Gasteiger partial charge in [0.25, 0.3) is 0 Å². The Balaban J connectivity index is 2.01. The number of hydrogen-bond donors (Lipinski definition) is 2. The van der Waals surface area contributed by atoms with E-state index in [9.17, 15) is 13.2 Å². The first-order chi connectivity index (χ1) is 13.7. The van der Waals surface area contributed by atoms with E-state index in [0.717, 1.165) is 23.2 Å². The van der Waals surface area contributed by atoms with Gasteiger partial charge in [-0.1, -0.05) is 32.9 Å². The number of sulfonamides is 1. The third-order valence-electron chi connectivity index (χ3n) is 4.32. The Hall–Kier alpha value is -2.09. The van der Waals surface area contributed by atoms with Crippen molar-refractivity contribution in [3.05, 3.63) is 59.7 Å². The quantitative estimate of drug-likeness (QED) is 0.439. The van der Waals surface area contributed by atoms with E-state index in [2.05, 4.69) is 30.0 Å². The predicted molar refractivity (Wildman–Crippen MR) is 122 cm³/mol. The highest BCUT2D eigenvalue weighted by molar-refractivity contribution is 7.99. The summed E-state index contributed by atoms with van der Waals surface area (Å²) < 4.78 is 26.3. The normalized spacial score (nSPS) is 12.8. The van der Waals surface area contributed by atoms with Crippen LogP contribution in [0.25, 0.3) is 6.08 Å². The third kappa shape index (κ3) is 7.03. The summed E-state index contributed by atoms with van der Waals surface area (Å²) in [6.45, 7) is 8.40. The standard InChI is InChI=1S/C22H28N2O3S2/c1-5-17(4)28-19-10-13-21(16(3)15-19)24-22(25)14-9-18-7-11-20(12-8-18)29(26,27)23-6-2/h7-15,17,23H,5-6H2,1-4H3,(H,24,25)/b14-9+. The molecule has 1 atom stereocenters. The number of carbonyl (C=O) groups is 1. The number of thioether (sulfide) groups is 1. The average molecular weight is 433 g/mol. The van der Waals surface area contributed by atoms with Gasteiger partial charge >= 0.3 is 0 Å². The molecule has 0 aliphatic rings. The summed E-state index contributed by atoms with van der Waals surface area (Å²) in [6, 6.07) is 12.4. The van der Waals surface area contributed by atoms with E-state index in [-0.39, 0.29) is 10.8 Å². The predicted octanol–water partition coefficient (Wildman–Crippen LogP) is 4.84. The molecule has 0 aromatic heterocycles. The number of amides is 1. The van der Waals surface area contributed by atoms with E-state index in [1.165, 1.54) is 23.1 Å². The molecule has 0 fully saturated rings. The fraction of sp³-hybridized carbons (Fsp3) is 0.318. The van der Waals surface area contributed by atoms with Crippen molar-refractivity contribution in [2.24, 2.45) is 0 Å². The van der Waals surface area contributed by atoms with Crippen molar-refractivity contribution in [3.63, 3.8) is 0 Å². The molecule has 0 aliphatic heterocycles. The molecule has 0 heterocycles. The van der Waals surface area contributed by atoms with Crippen LogP contribution in [0.5, 0.6) is 0 Å². The van der Waals surface area contributed by atoms with Gasteiger partial charge in [0.15, 0.2) is 0 Å². The summed E-state index contributed by atoms with van der Waals surface area (Å²) in [5, 5.41) is 3.44. The molecule has 0 spiro atoms. The highest BCUT2D eigenvalue weighted by Crippen LogP contribution is 2.28. The Kier molecular flexibility index (Phi) is 8.49. The number of aryl methyl sites for hydroxylation is 1. The Bertz CT molecular complexity index is 968. The minimum atomic E-state index is -3.47. The fourth-order valence-electron chi connectivity index (χ4n) is 2.54. The Labute approximate surface area is 178 Å². The van der Waals surface area contributed by atoms with E-state index < -0.39 is 10.0 Å². The van der Waals surface area contributed by atoms with Crippen LogP contribution in [0, 0.1) is 6.92 Å². The van der Waals surface area contributed by atoms with Crippen LogP contribution in [0.15, 0.2) is 58.3 Å². The number of anilines is 1. The molecule has 2 rings (SSSR count). The van der Waals surface area contributed by atoms with Gasteiger partial charge < -0.3 is 5.32 Å². The molecule has 1 unspecified atom stereocenters. The molecule has 1 amide bonds. The van der Waals surface area contributed by atoms with Crippen LogP contribution in [-0.4, -0.2) is 26.1 Å². The van der Waals surface area contributed by atoms with Crippen molar-refractivity contribution >= 4 is 39.5 Å². The highest BCUT2D eigenvalue weighted by Gasteiger charge is 2.11. The molecule has 2 N–H and O–H groups in total. The molecule has 0 bridgehead atoms. The van der Waals surface area contributed by atoms with Gasteiger partial charge in [0.1, 0.15) is 0 Å². The van der Waals surface area contributed by atoms with Crippen LogP contribution in [-0.2, 0) is 14.8 Å². The maximum atomic E-state index is 12.2. The Morgan fingerprint density at radius 3 is 2.41 bits per heavy atom. The van der Waals surface area contributed by atoms with Gasteiger partial charge in [-0.25, -0.2) is 13.1 Å². The van der Waals surface area contributed by atoms with Crippen LogP contribution in [0.1, 0.15) is 38.3 Å². The molecule has 2 aromatic carbocycles. The maximum absolute atomic E-state index is 12.2. The molecule has 0 saturated heterocycles. The van der Waals surface area contributed by atoms with Gasteiger partial charge in [0.05, 0.1) is 4.90 Å². The summed E-state index contributed by atoms with van der Waals surface area (Å²) in [7, 11) is -3.47. The van der Waals surface area contributed by atoms with E-state index in [4.69, 9.17) is 0 Å². The molecule has 0 radical (unpaired) electrons. The largest absolute Gasteiger partial charge is 0.322 e. The third-order valence-corrected chi connectivity index (χ3v) is 7.14. The second kappa shape index (κ2) is 10.6. The number of nitrogens with one attached hydrogen (secondary N) is 2. The fourth-order valence-corrected chi connectivity index (χ4v) is 4.61. The molecule has 0 aliphatic carbocycles. The van der Waals surface area contributed by atoms with Crippen LogP contribution < -0.4 is 10.0 Å². The van der Waals surface area contributed by atoms with Crippen molar-refractivity contribution in [2.75, 3.05) is 11.9 Å². The lowest BCUT2D eigenvalue weighted by Gasteiger charge is -2.11. The summed E-state index contributed by atoms with van der Waals surface area (Å²) >= 11 is 1.82. The Morgan fingerprint density at radius 1 is 1.14 bits per heavy atom. The number of carbonyl (C=O) groups excluding carboxylic acids is 1. The van der Waals surface area contributed by atoms with E-state index in [1.54, 1.807) is 25.1 Å². The van der Waals surface area contributed by atoms with Gasteiger partial charge in [-0.2, -0.15) is 0 Å². The maximum Gasteiger partial charge on any atom is 0.248 e. The molecule has 7 heteroatoms. The lowest BCUT2D eigenvalue weighted by atomic mass is 10.2. The first-order valence-corrected chi connectivity index (χ1v) is 12.0. The molecular formula is C22H28N2O3S2. The minimum Gasteiger partial charge on any atom is -0.322 e. The SMILES string of the molecule is CCNS(=O)(=O)c1ccc(/C=C/C(=O)Nc2ccc(SC(C)CC)cc2C)cc1. The van der Waals surface area contributed by atoms with Gasteiger partial charge in [-0.3, -0.25) is 4.79 Å². The Morgan fingerprint density at radius 2 is 1.83 bits per heavy atom. The van der Waals surface area contributed by atoms with Crippen LogP contribution >= 0.6 is 11.8 Å². The van der Waals surface area contributed by atoms with Gasteiger partial charge in [0, 0.05) is 28.5 Å². The first-order valence-electron chi connectivity index (χ1n) is 9.61. The van der Waals surface area contributed by atoms with Crippen molar-refractivity contribution in [1.29, 1.82) is 0 Å². The number of hydrogen-bond acceptors (Lipinski definition) is 4. The molecule has 2 aromatic rings. The number of rotatable bonds is 9. The molecule has 156 valence electrons. The topological polar surface area (TPSA) is 75.3 Å². The highest BCUT2D eigenvalue weighted by atomic mass is 32.2. The molecule has 29 heavy (non-hydrogen) atoms. The molecule has 0 saturated carbocycles. The minimum absolute atomic E-state index is 0.201. The van der Waals surface area contributed by atoms with Gasteiger partial charge in [0.2, 0.25) is 15.9 Å². The molecular weight excluding hydrogens is 404 g/mol. The van der Waals surface area contributed by atoms with E-state index in [1.807, 2.05) is 30.8 Å². The molecule has 5 nitrogen and oxygen atoms in total. The smallest absolute Gasteiger partial charge is 0.248 e. The number of benzene rings is 2. The monoisotopic (exact) mass is 432 g/mol. The zero-order chi connectivity index (χ0) is 21.4. The van der Waals surface area contributed by atoms with Crippen LogP contribution in [0.3, 0.4) is 0 Å². The van der Waals surface area contributed by atoms with Crippen molar-refractivity contribution in [2.45, 2.75) is 49.2 Å². The summed E-state index contributed by atoms with van der Waals surface area (Å²) in [5.74, 6) is -0.236. The summed E-state index contributed by atoms with van der Waals surface area (Å²) in [6.07, 6.45) is 4.20. The van der Waals surface area contributed by atoms with E-state index >= 15 is 0 Å². The first kappa shape index (κ1) is 23.2. The lowest BCUT2D eigenvalue weighted by molar-refractivity contribution is -0.111. The zero-order valence-electron chi connectivity index (χ0n) is 17.2. The van der Waals surface area contributed by atoms with Crippen molar-refractivity contribution in [3.8, 4) is 0 Å². The van der Waals surface area contributed by atoms with Crippen molar-refractivity contribution in [1.82, 2.24) is 4.72 Å². The van der Waals surface area contributed by atoms with Crippen LogP contribution in [0.2, 0.25) is 0 Å². The van der Waals surface area contributed by atoms with Crippen LogP contribution in [0.4, 0.5) is 5.69 Å². The van der Waals surface area contributed by atoms with Crippen molar-refractivity contribution < 1.29 is 13.2 Å². The van der Waals surface area contributed by atoms with Gasteiger partial charge in [-0.15, -0.1) is 11.8 Å². The van der Waals surface area contributed by atoms with E-state index in [0.29, 0.717) is 11.8 Å². The second-order valence-electron chi connectivity index (χ2n) is 6.71. The lowest BCUT2D eigenvalue weighted by Crippen LogP contribution is -2.22. The summed E-state index contributed by atoms with van der Waals surface area (Å²) in [5.41, 5.74) is 2.53. The van der Waals surface area contributed by atoms with Gasteiger partial charge in [-0.05, 0) is 60.9 Å². The second-order valence-corrected chi connectivity index (χ2v) is 9.99. The zero-order valence-corrected chi connectivity index (χ0v) is 18.9. The summed E-state index contributed by atoms with van der Waals surface area (Å²) in [4.78, 5) is 13.6.